The Morgan fingerprint density at radius 3 is 2.68 bits per heavy atom. The van der Waals surface area contributed by atoms with E-state index in [1.165, 1.54) is 17.5 Å². The van der Waals surface area contributed by atoms with Crippen LogP contribution < -0.4 is 10.5 Å². The summed E-state index contributed by atoms with van der Waals surface area (Å²) in [6.07, 6.45) is 1.31. The predicted octanol–water partition coefficient (Wildman–Crippen LogP) is 1.48. The quantitative estimate of drug-likeness (QED) is 0.842. The van der Waals surface area contributed by atoms with Gasteiger partial charge in [0.05, 0.1) is 7.11 Å². The van der Waals surface area contributed by atoms with Gasteiger partial charge in [0.25, 0.3) is 0 Å². The number of hydrogen-bond donors (Lipinski definition) is 1. The van der Waals surface area contributed by atoms with Crippen LogP contribution in [0.1, 0.15) is 12.8 Å². The van der Waals surface area contributed by atoms with Crippen molar-refractivity contribution in [3.8, 4) is 5.75 Å². The largest absolute Gasteiger partial charge is 0.495 e. The smallest absolute Gasteiger partial charge is 0.247 e. The summed E-state index contributed by atoms with van der Waals surface area (Å²) < 4.78 is 38.0. The third kappa shape index (κ3) is 3.72. The van der Waals surface area contributed by atoms with Crippen LogP contribution in [0, 0.1) is 0 Å². The zero-order valence-electron chi connectivity index (χ0n) is 12.5. The molecule has 22 heavy (non-hydrogen) atoms. The molecule has 0 unspecified atom stereocenters. The van der Waals surface area contributed by atoms with Crippen molar-refractivity contribution < 1.29 is 17.9 Å². The Morgan fingerprint density at radius 2 is 2.09 bits per heavy atom. The Bertz CT molecular complexity index is 603. The summed E-state index contributed by atoms with van der Waals surface area (Å²) in [5, 5.41) is 0.346. The molecular weight excluding hydrogens is 328 g/mol. The fourth-order valence-corrected chi connectivity index (χ4v) is 4.70. The zero-order valence-corrected chi connectivity index (χ0v) is 14.1. The van der Waals surface area contributed by atoms with Gasteiger partial charge >= 0.3 is 0 Å². The second kappa shape index (κ2) is 7.61. The van der Waals surface area contributed by atoms with Gasteiger partial charge in [0.2, 0.25) is 10.0 Å². The number of ether oxygens (including phenoxy) is 2. The number of methoxy groups -OCH3 is 1. The van der Waals surface area contributed by atoms with Crippen molar-refractivity contribution in [3.05, 3.63) is 23.2 Å². The Hall–Kier alpha value is -0.860. The van der Waals surface area contributed by atoms with Crippen LogP contribution in [0.15, 0.2) is 23.1 Å². The molecular formula is C14H21ClN2O4S. The summed E-state index contributed by atoms with van der Waals surface area (Å²) >= 11 is 5.96. The average molecular weight is 349 g/mol. The number of halogens is 1. The standard InChI is InChI=1S/C14H21ClN2O4S/c1-20-13-3-2-11(15)10-14(13)22(18,19)17(7-6-16)12-4-8-21-9-5-12/h2-3,10,12H,4-9,16H2,1H3. The lowest BCUT2D eigenvalue weighted by Crippen LogP contribution is -2.45. The first kappa shape index (κ1) is 17.5. The number of nitrogens with two attached hydrogens (primary N) is 1. The summed E-state index contributed by atoms with van der Waals surface area (Å²) in [7, 11) is -2.31. The number of nitrogens with zero attached hydrogens (tertiary/aromatic N) is 1. The maximum atomic E-state index is 13.0. The average Bonchev–Trinajstić information content (AvgIpc) is 2.53. The molecule has 0 aromatic heterocycles. The first-order valence-corrected chi connectivity index (χ1v) is 8.95. The molecule has 1 aromatic carbocycles. The maximum Gasteiger partial charge on any atom is 0.247 e. The van der Waals surface area contributed by atoms with E-state index in [0.29, 0.717) is 31.1 Å². The monoisotopic (exact) mass is 348 g/mol. The van der Waals surface area contributed by atoms with Crippen LogP contribution in [0.4, 0.5) is 0 Å². The van der Waals surface area contributed by atoms with Crippen LogP contribution in [-0.2, 0) is 14.8 Å². The summed E-state index contributed by atoms with van der Waals surface area (Å²) in [4.78, 5) is 0.0717. The third-order valence-corrected chi connectivity index (χ3v) is 5.87. The molecule has 0 radical (unpaired) electrons. The number of benzene rings is 1. The van der Waals surface area contributed by atoms with Crippen LogP contribution >= 0.6 is 11.6 Å². The van der Waals surface area contributed by atoms with Gasteiger partial charge in [-0.15, -0.1) is 0 Å². The summed E-state index contributed by atoms with van der Waals surface area (Å²) in [6.45, 7) is 1.60. The zero-order chi connectivity index (χ0) is 16.2. The van der Waals surface area contributed by atoms with Gasteiger partial charge in [-0.3, -0.25) is 0 Å². The second-order valence-electron chi connectivity index (χ2n) is 5.04. The van der Waals surface area contributed by atoms with Gasteiger partial charge in [-0.2, -0.15) is 4.31 Å². The maximum absolute atomic E-state index is 13.0. The van der Waals surface area contributed by atoms with E-state index in [4.69, 9.17) is 26.8 Å². The van der Waals surface area contributed by atoms with Crippen LogP contribution in [-0.4, -0.2) is 52.2 Å². The second-order valence-corrected chi connectivity index (χ2v) is 7.34. The molecule has 0 saturated carbocycles. The topological polar surface area (TPSA) is 81.9 Å². The number of hydrogen-bond acceptors (Lipinski definition) is 5. The SMILES string of the molecule is COc1ccc(Cl)cc1S(=O)(=O)N(CCN)C1CCOCC1. The highest BCUT2D eigenvalue weighted by Crippen LogP contribution is 2.31. The Morgan fingerprint density at radius 1 is 1.41 bits per heavy atom. The highest BCUT2D eigenvalue weighted by Gasteiger charge is 2.34. The van der Waals surface area contributed by atoms with E-state index in [9.17, 15) is 8.42 Å². The summed E-state index contributed by atoms with van der Waals surface area (Å²) in [5.41, 5.74) is 5.62. The molecule has 0 atom stereocenters. The van der Waals surface area contributed by atoms with Gasteiger partial charge < -0.3 is 15.2 Å². The van der Waals surface area contributed by atoms with Crippen molar-refractivity contribution in [2.45, 2.75) is 23.8 Å². The van der Waals surface area contributed by atoms with E-state index < -0.39 is 10.0 Å². The van der Waals surface area contributed by atoms with Crippen molar-refractivity contribution in [2.75, 3.05) is 33.4 Å². The lowest BCUT2D eigenvalue weighted by molar-refractivity contribution is 0.0590. The predicted molar refractivity (Wildman–Crippen MR) is 84.8 cm³/mol. The van der Waals surface area contributed by atoms with Gasteiger partial charge in [-0.05, 0) is 31.0 Å². The molecule has 2 N–H and O–H groups in total. The Kier molecular flexibility index (Phi) is 6.05. The van der Waals surface area contributed by atoms with Crippen molar-refractivity contribution in [2.24, 2.45) is 5.73 Å². The van der Waals surface area contributed by atoms with E-state index in [1.54, 1.807) is 12.1 Å². The first-order chi connectivity index (χ1) is 10.5. The molecule has 124 valence electrons. The van der Waals surface area contributed by atoms with Crippen molar-refractivity contribution in [1.29, 1.82) is 0 Å². The minimum Gasteiger partial charge on any atom is -0.495 e. The molecule has 8 heteroatoms. The lowest BCUT2D eigenvalue weighted by Gasteiger charge is -2.33. The Labute approximate surface area is 136 Å². The molecule has 1 aliphatic rings. The van der Waals surface area contributed by atoms with Gasteiger partial charge in [-0.1, -0.05) is 11.6 Å². The van der Waals surface area contributed by atoms with Gasteiger partial charge in [0.1, 0.15) is 10.6 Å². The number of sulfonamides is 1. The normalized spacial score (nSPS) is 16.9. The van der Waals surface area contributed by atoms with Gasteiger partial charge in [-0.25, -0.2) is 8.42 Å². The van der Waals surface area contributed by atoms with Crippen LogP contribution in [0.2, 0.25) is 5.02 Å². The van der Waals surface area contributed by atoms with E-state index in [0.717, 1.165) is 0 Å². The highest BCUT2D eigenvalue weighted by atomic mass is 35.5. The molecule has 0 bridgehead atoms. The molecule has 1 aromatic rings. The van der Waals surface area contributed by atoms with Gasteiger partial charge in [0.15, 0.2) is 0 Å². The fourth-order valence-electron chi connectivity index (χ4n) is 2.58. The Balaban J connectivity index is 2.42. The minimum absolute atomic E-state index is 0.0717. The minimum atomic E-state index is -3.74. The van der Waals surface area contributed by atoms with Crippen molar-refractivity contribution in [3.63, 3.8) is 0 Å². The van der Waals surface area contributed by atoms with E-state index in [2.05, 4.69) is 0 Å². The van der Waals surface area contributed by atoms with Crippen LogP contribution in [0.3, 0.4) is 0 Å². The molecule has 0 amide bonds. The molecule has 1 fully saturated rings. The number of rotatable bonds is 6. The molecule has 6 nitrogen and oxygen atoms in total. The molecule has 0 aliphatic carbocycles. The van der Waals surface area contributed by atoms with Gasteiger partial charge in [0, 0.05) is 37.4 Å². The van der Waals surface area contributed by atoms with Crippen LogP contribution in [0.25, 0.3) is 0 Å². The third-order valence-electron chi connectivity index (χ3n) is 3.66. The van der Waals surface area contributed by atoms with E-state index in [1.807, 2.05) is 0 Å². The molecule has 1 heterocycles. The molecule has 1 saturated heterocycles. The first-order valence-electron chi connectivity index (χ1n) is 7.14. The molecule has 0 spiro atoms. The van der Waals surface area contributed by atoms with Crippen molar-refractivity contribution in [1.82, 2.24) is 4.31 Å². The van der Waals surface area contributed by atoms with E-state index >= 15 is 0 Å². The molecule has 1 aliphatic heterocycles. The lowest BCUT2D eigenvalue weighted by atomic mass is 10.1. The highest BCUT2D eigenvalue weighted by molar-refractivity contribution is 7.89. The van der Waals surface area contributed by atoms with Crippen LogP contribution in [0.5, 0.6) is 5.75 Å². The van der Waals surface area contributed by atoms with E-state index in [-0.39, 0.29) is 29.8 Å². The van der Waals surface area contributed by atoms with Crippen molar-refractivity contribution >= 4 is 21.6 Å². The molecule has 2 rings (SSSR count). The fraction of sp³-hybridized carbons (Fsp3) is 0.571. The summed E-state index contributed by atoms with van der Waals surface area (Å²) in [5.74, 6) is 0.276. The summed E-state index contributed by atoms with van der Waals surface area (Å²) in [6, 6.07) is 4.45.